The van der Waals surface area contributed by atoms with E-state index in [2.05, 4.69) is 9.97 Å². The third-order valence-corrected chi connectivity index (χ3v) is 5.08. The van der Waals surface area contributed by atoms with Gasteiger partial charge < -0.3 is 14.8 Å². The molecule has 2 heterocycles. The first-order valence-corrected chi connectivity index (χ1v) is 8.54. The van der Waals surface area contributed by atoms with Crippen LogP contribution in [0.25, 0.3) is 0 Å². The summed E-state index contributed by atoms with van der Waals surface area (Å²) in [5.74, 6) is -0.165. The van der Waals surface area contributed by atoms with Crippen molar-refractivity contribution in [3.8, 4) is 0 Å². The van der Waals surface area contributed by atoms with Crippen LogP contribution in [0.2, 0.25) is 0 Å². The van der Waals surface area contributed by atoms with Crippen LogP contribution in [0, 0.1) is 5.82 Å². The number of aromatic nitrogens is 2. The van der Waals surface area contributed by atoms with Crippen molar-refractivity contribution in [2.24, 2.45) is 0 Å². The maximum Gasteiger partial charge on any atom is 0.231 e. The lowest BCUT2D eigenvalue weighted by molar-refractivity contribution is -0.133. The summed E-state index contributed by atoms with van der Waals surface area (Å²) >= 11 is 0. The molecule has 1 atom stereocenters. The molecule has 1 amide bonds. The number of piperazine rings is 1. The molecule has 1 fully saturated rings. The lowest BCUT2D eigenvalue weighted by Crippen LogP contribution is -2.50. The topological polar surface area (TPSA) is 52.2 Å². The summed E-state index contributed by atoms with van der Waals surface area (Å²) in [7, 11) is 0. The molecule has 0 spiro atoms. The number of hydrogen-bond donors (Lipinski definition) is 1. The Balaban J connectivity index is 1.43. The third kappa shape index (κ3) is 2.66. The molecule has 5 nitrogen and oxygen atoms in total. The van der Waals surface area contributed by atoms with E-state index >= 15 is 0 Å². The van der Waals surface area contributed by atoms with E-state index < -0.39 is 0 Å². The number of H-pyrrole nitrogens is 1. The minimum atomic E-state index is -0.203. The van der Waals surface area contributed by atoms with Gasteiger partial charge in [-0.05, 0) is 31.4 Å². The Kier molecular flexibility index (Phi) is 3.96. The van der Waals surface area contributed by atoms with Gasteiger partial charge in [0, 0.05) is 31.9 Å². The Bertz CT molecular complexity index is 736. The zero-order valence-electron chi connectivity index (χ0n) is 13.5. The molecule has 2 aliphatic rings. The Morgan fingerprint density at radius 1 is 1.21 bits per heavy atom. The lowest BCUT2D eigenvalue weighted by Gasteiger charge is -2.38. The van der Waals surface area contributed by atoms with Crippen molar-refractivity contribution < 1.29 is 9.18 Å². The van der Waals surface area contributed by atoms with Crippen LogP contribution in [0.5, 0.6) is 0 Å². The van der Waals surface area contributed by atoms with E-state index in [1.54, 1.807) is 18.5 Å². The second-order valence-electron chi connectivity index (χ2n) is 6.47. The highest BCUT2D eigenvalue weighted by Gasteiger charge is 2.33. The molecule has 4 rings (SSSR count). The molecule has 1 aromatic heterocycles. The average Bonchev–Trinajstić information content (AvgIpc) is 3.10. The number of para-hydroxylation sites is 1. The zero-order valence-corrected chi connectivity index (χ0v) is 13.5. The SMILES string of the molecule is O=C(C1CCCc2[nH]cnc21)N1CCN(c2ccccc2F)CC1. The van der Waals surface area contributed by atoms with Gasteiger partial charge >= 0.3 is 0 Å². The quantitative estimate of drug-likeness (QED) is 0.920. The summed E-state index contributed by atoms with van der Waals surface area (Å²) in [5.41, 5.74) is 2.64. The minimum absolute atomic E-state index is 0.125. The summed E-state index contributed by atoms with van der Waals surface area (Å²) < 4.78 is 13.9. The van der Waals surface area contributed by atoms with E-state index in [0.717, 1.165) is 30.7 Å². The maximum atomic E-state index is 13.9. The Morgan fingerprint density at radius 2 is 2.00 bits per heavy atom. The first kappa shape index (κ1) is 15.2. The van der Waals surface area contributed by atoms with Crippen LogP contribution in [0.15, 0.2) is 30.6 Å². The van der Waals surface area contributed by atoms with Crippen LogP contribution in [0.1, 0.15) is 30.1 Å². The molecule has 0 saturated carbocycles. The fourth-order valence-corrected chi connectivity index (χ4v) is 3.79. The molecule has 0 radical (unpaired) electrons. The van der Waals surface area contributed by atoms with Gasteiger partial charge in [-0.3, -0.25) is 4.79 Å². The number of hydrogen-bond acceptors (Lipinski definition) is 3. The van der Waals surface area contributed by atoms with E-state index in [0.29, 0.717) is 31.9 Å². The highest BCUT2D eigenvalue weighted by molar-refractivity contribution is 5.84. The summed E-state index contributed by atoms with van der Waals surface area (Å²) in [5, 5.41) is 0. The van der Waals surface area contributed by atoms with Crippen molar-refractivity contribution in [1.82, 2.24) is 14.9 Å². The average molecular weight is 328 g/mol. The number of nitrogens with zero attached hydrogens (tertiary/aromatic N) is 3. The highest BCUT2D eigenvalue weighted by Crippen LogP contribution is 2.31. The Labute approximate surface area is 140 Å². The van der Waals surface area contributed by atoms with E-state index in [1.165, 1.54) is 6.07 Å². The highest BCUT2D eigenvalue weighted by atomic mass is 19.1. The summed E-state index contributed by atoms with van der Waals surface area (Å²) in [4.78, 5) is 24.3. The van der Waals surface area contributed by atoms with E-state index in [-0.39, 0.29) is 17.6 Å². The van der Waals surface area contributed by atoms with Gasteiger partial charge in [-0.1, -0.05) is 12.1 Å². The monoisotopic (exact) mass is 328 g/mol. The molecule has 1 unspecified atom stereocenters. The van der Waals surface area contributed by atoms with Crippen LogP contribution in [-0.2, 0) is 11.2 Å². The summed E-state index contributed by atoms with van der Waals surface area (Å²) in [6.45, 7) is 2.58. The van der Waals surface area contributed by atoms with Gasteiger partial charge in [-0.2, -0.15) is 0 Å². The molecule has 1 aromatic carbocycles. The van der Waals surface area contributed by atoms with Gasteiger partial charge in [0.2, 0.25) is 5.91 Å². The van der Waals surface area contributed by atoms with Crippen LogP contribution in [0.3, 0.4) is 0 Å². The number of rotatable bonds is 2. The van der Waals surface area contributed by atoms with E-state index in [1.807, 2.05) is 15.9 Å². The molecule has 1 aliphatic carbocycles. The van der Waals surface area contributed by atoms with Gasteiger partial charge in [0.1, 0.15) is 5.82 Å². The first-order chi connectivity index (χ1) is 11.7. The number of nitrogens with one attached hydrogen (secondary N) is 1. The first-order valence-electron chi connectivity index (χ1n) is 8.54. The molecule has 1 saturated heterocycles. The van der Waals surface area contributed by atoms with Gasteiger partial charge in [0.25, 0.3) is 0 Å². The van der Waals surface area contributed by atoms with Crippen molar-refractivity contribution in [3.63, 3.8) is 0 Å². The molecule has 126 valence electrons. The summed E-state index contributed by atoms with van der Waals surface area (Å²) in [6.07, 6.45) is 4.54. The number of fused-ring (bicyclic) bond motifs is 1. The molecule has 6 heteroatoms. The number of amides is 1. The number of imidazole rings is 1. The predicted octanol–water partition coefficient (Wildman–Crippen LogP) is 2.32. The van der Waals surface area contributed by atoms with Crippen LogP contribution < -0.4 is 4.90 Å². The molecular formula is C18H21FN4O. The second kappa shape index (κ2) is 6.26. The predicted molar refractivity (Wildman–Crippen MR) is 89.5 cm³/mol. The number of halogens is 1. The number of carbonyl (C=O) groups is 1. The summed E-state index contributed by atoms with van der Waals surface area (Å²) in [6, 6.07) is 6.82. The fourth-order valence-electron chi connectivity index (χ4n) is 3.79. The normalized spacial score (nSPS) is 20.8. The Morgan fingerprint density at radius 3 is 2.79 bits per heavy atom. The zero-order chi connectivity index (χ0) is 16.5. The van der Waals surface area contributed by atoms with Crippen molar-refractivity contribution in [1.29, 1.82) is 0 Å². The lowest BCUT2D eigenvalue weighted by atomic mass is 9.88. The number of carbonyl (C=O) groups excluding carboxylic acids is 1. The second-order valence-corrected chi connectivity index (χ2v) is 6.47. The maximum absolute atomic E-state index is 13.9. The minimum Gasteiger partial charge on any atom is -0.366 e. The van der Waals surface area contributed by atoms with Gasteiger partial charge in [0.15, 0.2) is 0 Å². The number of benzene rings is 1. The number of anilines is 1. The molecule has 1 aliphatic heterocycles. The van der Waals surface area contributed by atoms with Crippen molar-refractivity contribution >= 4 is 11.6 Å². The molecule has 0 bridgehead atoms. The van der Waals surface area contributed by atoms with Crippen LogP contribution in [0.4, 0.5) is 10.1 Å². The smallest absolute Gasteiger partial charge is 0.231 e. The number of aryl methyl sites for hydroxylation is 1. The van der Waals surface area contributed by atoms with Gasteiger partial charge in [-0.25, -0.2) is 9.37 Å². The van der Waals surface area contributed by atoms with Crippen LogP contribution >= 0.6 is 0 Å². The molecule has 24 heavy (non-hydrogen) atoms. The standard InChI is InChI=1S/C18H21FN4O/c19-14-5-1-2-7-16(14)22-8-10-23(11-9-22)18(24)13-4-3-6-15-17(13)21-12-20-15/h1-2,5,7,12-13H,3-4,6,8-11H2,(H,20,21). The van der Waals surface area contributed by atoms with Crippen molar-refractivity contribution in [2.75, 3.05) is 31.1 Å². The van der Waals surface area contributed by atoms with Gasteiger partial charge in [0.05, 0.1) is 23.6 Å². The van der Waals surface area contributed by atoms with E-state index in [9.17, 15) is 9.18 Å². The fraction of sp³-hybridized carbons (Fsp3) is 0.444. The molecular weight excluding hydrogens is 307 g/mol. The van der Waals surface area contributed by atoms with E-state index in [4.69, 9.17) is 0 Å². The Hall–Kier alpha value is -2.37. The molecule has 1 N–H and O–H groups in total. The van der Waals surface area contributed by atoms with Crippen LogP contribution in [-0.4, -0.2) is 47.0 Å². The largest absolute Gasteiger partial charge is 0.366 e. The third-order valence-electron chi connectivity index (χ3n) is 5.08. The van der Waals surface area contributed by atoms with Crippen molar-refractivity contribution in [2.45, 2.75) is 25.2 Å². The van der Waals surface area contributed by atoms with Crippen molar-refractivity contribution in [3.05, 3.63) is 47.8 Å². The molecule has 2 aromatic rings. The number of aromatic amines is 1. The van der Waals surface area contributed by atoms with Gasteiger partial charge in [-0.15, -0.1) is 0 Å².